The molecule has 4 aromatic rings. The van der Waals surface area contributed by atoms with Gasteiger partial charge in [0.1, 0.15) is 0 Å². The van der Waals surface area contributed by atoms with E-state index in [0.29, 0.717) is 12.1 Å². The molecule has 146 valence electrons. The van der Waals surface area contributed by atoms with E-state index in [4.69, 9.17) is 0 Å². The highest BCUT2D eigenvalue weighted by Gasteiger charge is 2.06. The highest BCUT2D eigenvalue weighted by Crippen LogP contribution is 2.24. The smallest absolute Gasteiger partial charge is 0.252 e. The van der Waals surface area contributed by atoms with Gasteiger partial charge in [-0.2, -0.15) is 5.10 Å². The number of fused-ring (bicyclic) bond motifs is 1. The first kappa shape index (κ1) is 18.9. The summed E-state index contributed by atoms with van der Waals surface area (Å²) in [4.78, 5) is 16.3. The molecule has 0 saturated carbocycles. The number of benzene rings is 2. The zero-order valence-corrected chi connectivity index (χ0v) is 16.7. The van der Waals surface area contributed by atoms with Crippen molar-refractivity contribution in [2.45, 2.75) is 19.8 Å². The Morgan fingerprint density at radius 2 is 1.79 bits per heavy atom. The number of hydrogen-bond donors (Lipinski definition) is 1. The molecule has 4 rings (SSSR count). The molecule has 1 amide bonds. The number of hydrogen-bond acceptors (Lipinski definition) is 3. The lowest BCUT2D eigenvalue weighted by Crippen LogP contribution is -2.24. The molecule has 0 atom stereocenters. The van der Waals surface area contributed by atoms with Gasteiger partial charge in [0.05, 0.1) is 17.3 Å². The molecule has 29 heavy (non-hydrogen) atoms. The molecule has 0 aliphatic rings. The number of carbonyl (C=O) groups is 1. The molecular weight excluding hydrogens is 360 g/mol. The van der Waals surface area contributed by atoms with Crippen LogP contribution in [0.25, 0.3) is 22.0 Å². The number of nitrogens with one attached hydrogen (secondary N) is 1. The first-order chi connectivity index (χ1) is 14.1. The van der Waals surface area contributed by atoms with Crippen LogP contribution >= 0.6 is 0 Å². The van der Waals surface area contributed by atoms with Gasteiger partial charge in [-0.25, -0.2) is 0 Å². The van der Waals surface area contributed by atoms with Gasteiger partial charge in [-0.1, -0.05) is 30.3 Å². The minimum atomic E-state index is -0.0707. The van der Waals surface area contributed by atoms with Crippen molar-refractivity contribution in [3.8, 4) is 11.1 Å². The molecule has 0 aliphatic carbocycles. The van der Waals surface area contributed by atoms with Crippen LogP contribution in [0.3, 0.4) is 0 Å². The molecule has 5 nitrogen and oxygen atoms in total. The summed E-state index contributed by atoms with van der Waals surface area (Å²) in [5.41, 5.74) is 6.29. The van der Waals surface area contributed by atoms with Crippen molar-refractivity contribution < 1.29 is 4.79 Å². The Labute approximate surface area is 170 Å². The second-order valence-electron chi connectivity index (χ2n) is 7.29. The lowest BCUT2D eigenvalue weighted by Gasteiger charge is -2.07. The third-order valence-corrected chi connectivity index (χ3v) is 5.13. The Balaban J connectivity index is 1.31. The molecule has 0 spiro atoms. The predicted molar refractivity (Wildman–Crippen MR) is 116 cm³/mol. The van der Waals surface area contributed by atoms with E-state index < -0.39 is 0 Å². The van der Waals surface area contributed by atoms with Gasteiger partial charge in [0.15, 0.2) is 0 Å². The van der Waals surface area contributed by atoms with E-state index in [1.807, 2.05) is 30.9 Å². The summed E-state index contributed by atoms with van der Waals surface area (Å²) >= 11 is 0. The summed E-state index contributed by atoms with van der Waals surface area (Å²) in [6.45, 7) is 2.55. The van der Waals surface area contributed by atoms with Crippen molar-refractivity contribution in [3.05, 3.63) is 83.8 Å². The lowest BCUT2D eigenvalue weighted by atomic mass is 10.0. The quantitative estimate of drug-likeness (QED) is 0.504. The molecule has 2 heterocycles. The van der Waals surface area contributed by atoms with E-state index in [1.165, 1.54) is 16.7 Å². The highest BCUT2D eigenvalue weighted by atomic mass is 16.1. The molecule has 5 heteroatoms. The van der Waals surface area contributed by atoms with Crippen LogP contribution in [-0.4, -0.2) is 27.2 Å². The molecule has 0 aliphatic heterocycles. The third-order valence-electron chi connectivity index (χ3n) is 5.13. The summed E-state index contributed by atoms with van der Waals surface area (Å²) in [6, 6.07) is 18.7. The minimum Gasteiger partial charge on any atom is -0.352 e. The number of nitrogens with zero attached hydrogens (tertiary/aromatic N) is 3. The van der Waals surface area contributed by atoms with Crippen LogP contribution in [0.2, 0.25) is 0 Å². The molecule has 0 fully saturated rings. The van der Waals surface area contributed by atoms with Crippen LogP contribution < -0.4 is 5.32 Å². The van der Waals surface area contributed by atoms with Gasteiger partial charge in [0.2, 0.25) is 0 Å². The number of amides is 1. The molecule has 0 saturated heterocycles. The number of pyridine rings is 1. The van der Waals surface area contributed by atoms with E-state index in [2.05, 4.69) is 57.9 Å². The molecule has 0 unspecified atom stereocenters. The summed E-state index contributed by atoms with van der Waals surface area (Å²) in [5, 5.41) is 8.41. The van der Waals surface area contributed by atoms with E-state index >= 15 is 0 Å². The van der Waals surface area contributed by atoms with Gasteiger partial charge in [-0.3, -0.25) is 14.5 Å². The van der Waals surface area contributed by atoms with Gasteiger partial charge >= 0.3 is 0 Å². The van der Waals surface area contributed by atoms with E-state index in [0.717, 1.165) is 29.4 Å². The van der Waals surface area contributed by atoms with Gasteiger partial charge in [0.25, 0.3) is 5.91 Å². The van der Waals surface area contributed by atoms with Crippen molar-refractivity contribution in [2.75, 3.05) is 6.54 Å². The van der Waals surface area contributed by atoms with Crippen molar-refractivity contribution in [1.82, 2.24) is 20.1 Å². The average molecular weight is 384 g/mol. The first-order valence-electron chi connectivity index (χ1n) is 9.82. The third kappa shape index (κ3) is 4.35. The Morgan fingerprint density at radius 1 is 1.00 bits per heavy atom. The molecule has 0 bridgehead atoms. The SMILES string of the molecule is Cc1ccc(C(=O)NCCCc2ccc(-c3ccc4c(cnn4C)c3)cc2)cn1. The lowest BCUT2D eigenvalue weighted by molar-refractivity contribution is 0.0953. The molecule has 0 radical (unpaired) electrons. The maximum Gasteiger partial charge on any atom is 0.252 e. The maximum absolute atomic E-state index is 12.1. The van der Waals surface area contributed by atoms with Gasteiger partial charge in [0, 0.05) is 30.9 Å². The number of aryl methyl sites for hydroxylation is 3. The topological polar surface area (TPSA) is 59.8 Å². The summed E-state index contributed by atoms with van der Waals surface area (Å²) in [5.74, 6) is -0.0707. The Bertz CT molecular complexity index is 1130. The van der Waals surface area contributed by atoms with Crippen molar-refractivity contribution in [2.24, 2.45) is 7.05 Å². The summed E-state index contributed by atoms with van der Waals surface area (Å²) in [6.07, 6.45) is 5.33. The predicted octanol–water partition coefficient (Wildman–Crippen LogP) is 4.31. The van der Waals surface area contributed by atoms with Gasteiger partial charge in [-0.05, 0) is 60.7 Å². The molecule has 2 aromatic heterocycles. The van der Waals surface area contributed by atoms with Crippen LogP contribution in [0.15, 0.2) is 67.0 Å². The Kier molecular flexibility index (Phi) is 5.38. The van der Waals surface area contributed by atoms with Crippen molar-refractivity contribution in [1.29, 1.82) is 0 Å². The van der Waals surface area contributed by atoms with E-state index in [-0.39, 0.29) is 5.91 Å². The van der Waals surface area contributed by atoms with Crippen LogP contribution in [0, 0.1) is 6.92 Å². The van der Waals surface area contributed by atoms with Gasteiger partial charge in [-0.15, -0.1) is 0 Å². The largest absolute Gasteiger partial charge is 0.352 e. The fraction of sp³-hybridized carbons (Fsp3) is 0.208. The maximum atomic E-state index is 12.1. The van der Waals surface area contributed by atoms with E-state index in [1.54, 1.807) is 12.3 Å². The summed E-state index contributed by atoms with van der Waals surface area (Å²) in [7, 11) is 1.96. The number of rotatable bonds is 6. The van der Waals surface area contributed by atoms with Crippen LogP contribution in [0.5, 0.6) is 0 Å². The highest BCUT2D eigenvalue weighted by molar-refractivity contribution is 5.93. The van der Waals surface area contributed by atoms with Gasteiger partial charge < -0.3 is 5.32 Å². The summed E-state index contributed by atoms with van der Waals surface area (Å²) < 4.78 is 1.89. The zero-order valence-electron chi connectivity index (χ0n) is 16.7. The number of aromatic nitrogens is 3. The molecular formula is C24H24N4O. The fourth-order valence-corrected chi connectivity index (χ4v) is 3.41. The van der Waals surface area contributed by atoms with Crippen LogP contribution in [-0.2, 0) is 13.5 Å². The standard InChI is InChI=1S/C24H24N4O/c1-17-5-8-21(15-26-17)24(29)25-13-3-4-18-6-9-19(10-7-18)20-11-12-23-22(14-20)16-27-28(23)2/h5-12,14-16H,3-4,13H2,1-2H3,(H,25,29). The van der Waals surface area contributed by atoms with E-state index in [9.17, 15) is 4.79 Å². The normalized spacial score (nSPS) is 11.0. The second kappa shape index (κ2) is 8.27. The van der Waals surface area contributed by atoms with Crippen LogP contribution in [0.1, 0.15) is 28.0 Å². The first-order valence-corrected chi connectivity index (χ1v) is 9.82. The average Bonchev–Trinajstić information content (AvgIpc) is 3.12. The minimum absolute atomic E-state index is 0.0707. The second-order valence-corrected chi connectivity index (χ2v) is 7.29. The Morgan fingerprint density at radius 3 is 2.55 bits per heavy atom. The molecule has 1 N–H and O–H groups in total. The number of carbonyl (C=O) groups excluding carboxylic acids is 1. The molecule has 2 aromatic carbocycles. The zero-order chi connectivity index (χ0) is 20.2. The van der Waals surface area contributed by atoms with Crippen molar-refractivity contribution >= 4 is 16.8 Å². The Hall–Kier alpha value is -3.47. The fourth-order valence-electron chi connectivity index (χ4n) is 3.41. The van der Waals surface area contributed by atoms with Crippen molar-refractivity contribution in [3.63, 3.8) is 0 Å². The van der Waals surface area contributed by atoms with Crippen LogP contribution in [0.4, 0.5) is 0 Å². The monoisotopic (exact) mass is 384 g/mol.